The Morgan fingerprint density at radius 3 is 2.32 bits per heavy atom. The third kappa shape index (κ3) is 8.59. The van der Waals surface area contributed by atoms with Crippen molar-refractivity contribution in [2.45, 2.75) is 58.9 Å². The van der Waals surface area contributed by atoms with E-state index >= 15 is 0 Å². The Labute approximate surface area is 115 Å². The molecule has 5 nitrogen and oxygen atoms in total. The summed E-state index contributed by atoms with van der Waals surface area (Å²) >= 11 is 0. The van der Waals surface area contributed by atoms with Crippen molar-refractivity contribution in [3.8, 4) is 0 Å². The van der Waals surface area contributed by atoms with Crippen molar-refractivity contribution < 1.29 is 14.7 Å². The average Bonchev–Trinajstić information content (AvgIpc) is 2.32. The topological polar surface area (TPSA) is 92.4 Å². The zero-order valence-corrected chi connectivity index (χ0v) is 12.3. The van der Waals surface area contributed by atoms with Crippen LogP contribution in [-0.2, 0) is 9.59 Å². The summed E-state index contributed by atoms with van der Waals surface area (Å²) in [5, 5.41) is 11.7. The van der Waals surface area contributed by atoms with Crippen LogP contribution >= 0.6 is 0 Å². The van der Waals surface area contributed by atoms with E-state index in [-0.39, 0.29) is 24.4 Å². The van der Waals surface area contributed by atoms with E-state index in [0.717, 1.165) is 25.7 Å². The third-order valence-electron chi connectivity index (χ3n) is 3.25. The molecular weight excluding hydrogens is 244 g/mol. The zero-order chi connectivity index (χ0) is 14.8. The quantitative estimate of drug-likeness (QED) is 0.565. The maximum atomic E-state index is 11.8. The maximum Gasteiger partial charge on any atom is 0.308 e. The highest BCUT2D eigenvalue weighted by atomic mass is 16.4. The van der Waals surface area contributed by atoms with Crippen LogP contribution in [-0.4, -0.2) is 29.6 Å². The number of aliphatic carboxylic acids is 1. The van der Waals surface area contributed by atoms with Crippen molar-refractivity contribution in [1.29, 1.82) is 0 Å². The lowest BCUT2D eigenvalue weighted by atomic mass is 10.00. The molecule has 4 N–H and O–H groups in total. The molecule has 19 heavy (non-hydrogen) atoms. The minimum Gasteiger partial charge on any atom is -0.481 e. The van der Waals surface area contributed by atoms with E-state index < -0.39 is 11.9 Å². The first-order valence-corrected chi connectivity index (χ1v) is 7.14. The summed E-state index contributed by atoms with van der Waals surface area (Å²) in [4.78, 5) is 22.8. The van der Waals surface area contributed by atoms with Crippen LogP contribution in [0.4, 0.5) is 0 Å². The largest absolute Gasteiger partial charge is 0.481 e. The molecule has 1 amide bonds. The SMILES string of the molecule is CCCC(CNC(=O)C(C)CCCC(C)N)C(=O)O. The molecule has 112 valence electrons. The van der Waals surface area contributed by atoms with Crippen LogP contribution in [0.15, 0.2) is 0 Å². The molecule has 0 saturated carbocycles. The van der Waals surface area contributed by atoms with Crippen LogP contribution in [0.25, 0.3) is 0 Å². The van der Waals surface area contributed by atoms with E-state index in [1.54, 1.807) is 0 Å². The molecule has 0 saturated heterocycles. The van der Waals surface area contributed by atoms with Gasteiger partial charge in [-0.15, -0.1) is 0 Å². The molecule has 0 radical (unpaired) electrons. The lowest BCUT2D eigenvalue weighted by Crippen LogP contribution is -2.36. The van der Waals surface area contributed by atoms with Gasteiger partial charge in [-0.05, 0) is 26.2 Å². The van der Waals surface area contributed by atoms with Gasteiger partial charge < -0.3 is 16.2 Å². The molecule has 3 atom stereocenters. The van der Waals surface area contributed by atoms with E-state index in [4.69, 9.17) is 10.8 Å². The lowest BCUT2D eigenvalue weighted by Gasteiger charge is -2.16. The smallest absolute Gasteiger partial charge is 0.308 e. The molecule has 5 heteroatoms. The Morgan fingerprint density at radius 2 is 1.84 bits per heavy atom. The van der Waals surface area contributed by atoms with Gasteiger partial charge in [0.2, 0.25) is 5.91 Å². The molecule has 0 heterocycles. The fourth-order valence-corrected chi connectivity index (χ4v) is 1.94. The number of hydrogen-bond donors (Lipinski definition) is 3. The highest BCUT2D eigenvalue weighted by Crippen LogP contribution is 2.10. The van der Waals surface area contributed by atoms with E-state index in [1.807, 2.05) is 20.8 Å². The Balaban J connectivity index is 3.97. The van der Waals surface area contributed by atoms with Crippen molar-refractivity contribution in [2.75, 3.05) is 6.54 Å². The first-order chi connectivity index (χ1) is 8.88. The fraction of sp³-hybridized carbons (Fsp3) is 0.857. The average molecular weight is 272 g/mol. The number of rotatable bonds is 10. The minimum atomic E-state index is -0.841. The number of carboxylic acid groups (broad SMARTS) is 1. The number of carbonyl (C=O) groups excluding carboxylic acids is 1. The van der Waals surface area contributed by atoms with Gasteiger partial charge in [-0.25, -0.2) is 0 Å². The molecule has 0 aromatic heterocycles. The molecule has 0 spiro atoms. The molecule has 0 rings (SSSR count). The van der Waals surface area contributed by atoms with E-state index in [1.165, 1.54) is 0 Å². The third-order valence-corrected chi connectivity index (χ3v) is 3.25. The Bertz CT molecular complexity index is 280. The zero-order valence-electron chi connectivity index (χ0n) is 12.3. The second kappa shape index (κ2) is 9.78. The fourth-order valence-electron chi connectivity index (χ4n) is 1.94. The highest BCUT2D eigenvalue weighted by Gasteiger charge is 2.19. The monoisotopic (exact) mass is 272 g/mol. The second-order valence-corrected chi connectivity index (χ2v) is 5.38. The van der Waals surface area contributed by atoms with Crippen molar-refractivity contribution in [3.05, 3.63) is 0 Å². The van der Waals surface area contributed by atoms with Crippen LogP contribution in [0.2, 0.25) is 0 Å². The maximum absolute atomic E-state index is 11.8. The molecule has 0 aliphatic heterocycles. The molecule has 0 aromatic carbocycles. The number of nitrogens with one attached hydrogen (secondary N) is 1. The van der Waals surface area contributed by atoms with Gasteiger partial charge in [-0.1, -0.05) is 26.7 Å². The van der Waals surface area contributed by atoms with Crippen LogP contribution in [0.5, 0.6) is 0 Å². The Hall–Kier alpha value is -1.10. The van der Waals surface area contributed by atoms with Gasteiger partial charge in [0.15, 0.2) is 0 Å². The second-order valence-electron chi connectivity index (χ2n) is 5.38. The van der Waals surface area contributed by atoms with Crippen LogP contribution in [0, 0.1) is 11.8 Å². The predicted molar refractivity (Wildman–Crippen MR) is 75.7 cm³/mol. The van der Waals surface area contributed by atoms with E-state index in [9.17, 15) is 9.59 Å². The molecule has 0 aliphatic carbocycles. The van der Waals surface area contributed by atoms with Crippen molar-refractivity contribution in [1.82, 2.24) is 5.32 Å². The molecule has 0 fully saturated rings. The van der Waals surface area contributed by atoms with Gasteiger partial charge in [0.25, 0.3) is 0 Å². The van der Waals surface area contributed by atoms with E-state index in [0.29, 0.717) is 6.42 Å². The summed E-state index contributed by atoms with van der Waals surface area (Å²) < 4.78 is 0. The van der Waals surface area contributed by atoms with Crippen molar-refractivity contribution in [2.24, 2.45) is 17.6 Å². The van der Waals surface area contributed by atoms with Crippen LogP contribution < -0.4 is 11.1 Å². The summed E-state index contributed by atoms with van der Waals surface area (Å²) in [6.45, 7) is 5.98. The Kier molecular flexibility index (Phi) is 9.21. The van der Waals surface area contributed by atoms with Gasteiger partial charge in [-0.3, -0.25) is 9.59 Å². The predicted octanol–water partition coefficient (Wildman–Crippen LogP) is 1.76. The summed E-state index contributed by atoms with van der Waals surface area (Å²) in [5.41, 5.74) is 5.65. The van der Waals surface area contributed by atoms with Gasteiger partial charge >= 0.3 is 5.97 Å². The van der Waals surface area contributed by atoms with Crippen LogP contribution in [0.1, 0.15) is 52.9 Å². The number of amides is 1. The number of carboxylic acids is 1. The minimum absolute atomic E-state index is 0.0629. The number of hydrogen-bond acceptors (Lipinski definition) is 3. The van der Waals surface area contributed by atoms with Crippen LogP contribution in [0.3, 0.4) is 0 Å². The molecule has 0 bridgehead atoms. The molecule has 0 aliphatic rings. The van der Waals surface area contributed by atoms with E-state index in [2.05, 4.69) is 5.32 Å². The summed E-state index contributed by atoms with van der Waals surface area (Å²) in [6, 6.07) is 0.163. The Morgan fingerprint density at radius 1 is 1.21 bits per heavy atom. The van der Waals surface area contributed by atoms with Gasteiger partial charge in [0.05, 0.1) is 5.92 Å². The molecular formula is C14H28N2O3. The molecule has 0 aromatic rings. The van der Waals surface area contributed by atoms with Crippen molar-refractivity contribution >= 4 is 11.9 Å². The first kappa shape index (κ1) is 17.9. The summed E-state index contributed by atoms with van der Waals surface area (Å²) in [5.74, 6) is -1.47. The standard InChI is InChI=1S/C14H28N2O3/c1-4-6-12(14(18)19)9-16-13(17)10(2)7-5-8-11(3)15/h10-12H,4-9,15H2,1-3H3,(H,16,17)(H,18,19). The summed E-state index contributed by atoms with van der Waals surface area (Å²) in [6.07, 6.45) is 4.01. The first-order valence-electron chi connectivity index (χ1n) is 7.14. The van der Waals surface area contributed by atoms with Gasteiger partial charge in [-0.2, -0.15) is 0 Å². The normalized spacial score (nSPS) is 15.6. The highest BCUT2D eigenvalue weighted by molar-refractivity contribution is 5.79. The lowest BCUT2D eigenvalue weighted by molar-refractivity contribution is -0.142. The van der Waals surface area contributed by atoms with Crippen molar-refractivity contribution in [3.63, 3.8) is 0 Å². The van der Waals surface area contributed by atoms with Gasteiger partial charge in [0.1, 0.15) is 0 Å². The summed E-state index contributed by atoms with van der Waals surface area (Å²) in [7, 11) is 0. The van der Waals surface area contributed by atoms with Gasteiger partial charge in [0, 0.05) is 18.5 Å². The molecule has 3 unspecified atom stereocenters. The number of nitrogens with two attached hydrogens (primary N) is 1. The number of carbonyl (C=O) groups is 2.